The molecule has 1 saturated carbocycles. The molecule has 0 bridgehead atoms. The highest BCUT2D eigenvalue weighted by Crippen LogP contribution is 2.59. The summed E-state index contributed by atoms with van der Waals surface area (Å²) in [5.74, 6) is -0.325. The van der Waals surface area contributed by atoms with E-state index in [2.05, 4.69) is 42.8 Å². The summed E-state index contributed by atoms with van der Waals surface area (Å²) in [6.07, 6.45) is 5.87. The molecule has 3 fully saturated rings. The molecule has 2 heterocycles. The van der Waals surface area contributed by atoms with Gasteiger partial charge in [-0.1, -0.05) is 38.3 Å². The van der Waals surface area contributed by atoms with Crippen LogP contribution in [0.4, 0.5) is 9.59 Å². The van der Waals surface area contributed by atoms with Crippen molar-refractivity contribution in [2.45, 2.75) is 115 Å². The fourth-order valence-electron chi connectivity index (χ4n) is 6.17. The van der Waals surface area contributed by atoms with Gasteiger partial charge in [0.05, 0.1) is 31.2 Å². The molecule has 1 aliphatic carbocycles. The fraction of sp³-hybridized carbons (Fsp3) is 0.839. The summed E-state index contributed by atoms with van der Waals surface area (Å²) in [4.78, 5) is 36.6. The van der Waals surface area contributed by atoms with Crippen LogP contribution < -0.4 is 21.4 Å². The maximum Gasteiger partial charge on any atom is 0.407 e. The zero-order valence-electron chi connectivity index (χ0n) is 27.2. The number of epoxide rings is 2. The molecule has 44 heavy (non-hydrogen) atoms. The number of carbonyl (C=O) groups excluding carboxylic acids is 3. The van der Waals surface area contributed by atoms with Crippen LogP contribution in [0.3, 0.4) is 0 Å². The quantitative estimate of drug-likeness (QED) is 0.0658. The Bertz CT molecular complexity index is 985. The van der Waals surface area contributed by atoms with Crippen molar-refractivity contribution in [1.29, 1.82) is 0 Å². The van der Waals surface area contributed by atoms with Crippen molar-refractivity contribution in [2.24, 2.45) is 11.8 Å². The second kappa shape index (κ2) is 16.7. The first-order chi connectivity index (χ1) is 21.0. The number of hydrogen-bond donors (Lipinski definition) is 5. The van der Waals surface area contributed by atoms with Gasteiger partial charge < -0.3 is 44.8 Å². The third-order valence-electron chi connectivity index (χ3n) is 8.93. The first kappa shape index (κ1) is 36.0. The predicted molar refractivity (Wildman–Crippen MR) is 162 cm³/mol. The Hall–Kier alpha value is -2.45. The summed E-state index contributed by atoms with van der Waals surface area (Å²) in [5.41, 5.74) is 2.34. The van der Waals surface area contributed by atoms with Crippen molar-refractivity contribution >= 4 is 18.1 Å². The van der Waals surface area contributed by atoms with Crippen LogP contribution in [0.5, 0.6) is 0 Å². The average molecular weight is 627 g/mol. The van der Waals surface area contributed by atoms with E-state index in [4.69, 9.17) is 28.9 Å². The number of hydrogen-bond acceptors (Lipinski definition) is 10. The van der Waals surface area contributed by atoms with E-state index in [0.29, 0.717) is 26.1 Å². The van der Waals surface area contributed by atoms with Gasteiger partial charge in [0.2, 0.25) is 5.91 Å². The Morgan fingerprint density at radius 3 is 2.34 bits per heavy atom. The number of carbonyl (C=O) groups is 3. The molecule has 3 aliphatic rings. The fourth-order valence-corrected chi connectivity index (χ4v) is 6.17. The van der Waals surface area contributed by atoms with Gasteiger partial charge in [-0.15, -0.1) is 0 Å². The maximum absolute atomic E-state index is 13.1. The van der Waals surface area contributed by atoms with Crippen LogP contribution in [0, 0.1) is 11.8 Å². The Labute approximate surface area is 261 Å². The Morgan fingerprint density at radius 2 is 1.75 bits per heavy atom. The van der Waals surface area contributed by atoms with Gasteiger partial charge in [0, 0.05) is 20.2 Å². The number of nitrogens with one attached hydrogen (secondary N) is 4. The molecular formula is C31H54N4O9. The number of unbranched alkanes of at least 4 members (excludes halogenated alkanes) is 3. The molecule has 2 saturated heterocycles. The zero-order valence-corrected chi connectivity index (χ0v) is 27.2. The Balaban J connectivity index is 1.40. The van der Waals surface area contributed by atoms with Crippen LogP contribution in [0.25, 0.3) is 0 Å². The minimum Gasteiger partial charge on any atom is -0.447 e. The lowest BCUT2D eigenvalue weighted by Gasteiger charge is -2.42. The van der Waals surface area contributed by atoms with E-state index < -0.39 is 29.9 Å². The monoisotopic (exact) mass is 626 g/mol. The summed E-state index contributed by atoms with van der Waals surface area (Å²) < 4.78 is 29.5. The number of amides is 3. The molecule has 1 spiro atoms. The molecule has 4 unspecified atom stereocenters. The van der Waals surface area contributed by atoms with E-state index in [9.17, 15) is 14.4 Å². The first-order valence-electron chi connectivity index (χ1n) is 15.9. The highest BCUT2D eigenvalue weighted by atomic mass is 16.6. The second-order valence-electron chi connectivity index (χ2n) is 12.9. The maximum atomic E-state index is 13.1. The lowest BCUT2D eigenvalue weighted by atomic mass is 9.68. The van der Waals surface area contributed by atoms with Crippen LogP contribution >= 0.6 is 0 Å². The van der Waals surface area contributed by atoms with Crippen LogP contribution in [0.15, 0.2) is 11.6 Å². The van der Waals surface area contributed by atoms with Gasteiger partial charge in [0.25, 0.3) is 0 Å². The van der Waals surface area contributed by atoms with Gasteiger partial charge in [-0.05, 0) is 58.8 Å². The highest BCUT2D eigenvalue weighted by Gasteiger charge is 2.72. The zero-order chi connectivity index (χ0) is 32.3. The van der Waals surface area contributed by atoms with E-state index >= 15 is 0 Å². The third kappa shape index (κ3) is 10.3. The molecule has 3 amide bonds. The van der Waals surface area contributed by atoms with Gasteiger partial charge in [-0.25, -0.2) is 9.59 Å². The number of methoxy groups -OCH3 is 1. The molecule has 2 aliphatic heterocycles. The van der Waals surface area contributed by atoms with Crippen molar-refractivity contribution in [1.82, 2.24) is 21.4 Å². The number of alkyl carbamates (subject to hydrolysis) is 2. The summed E-state index contributed by atoms with van der Waals surface area (Å²) in [7, 11) is 1.64. The predicted octanol–water partition coefficient (Wildman–Crippen LogP) is 3.20. The van der Waals surface area contributed by atoms with Crippen molar-refractivity contribution in [2.75, 3.05) is 40.0 Å². The molecule has 13 heteroatoms. The van der Waals surface area contributed by atoms with Gasteiger partial charge in [0.15, 0.2) is 0 Å². The van der Waals surface area contributed by atoms with Crippen molar-refractivity contribution < 1.29 is 43.3 Å². The number of hydroxylamine groups is 1. The molecule has 252 valence electrons. The minimum absolute atomic E-state index is 0.000860. The van der Waals surface area contributed by atoms with Gasteiger partial charge in [-0.2, -0.15) is 5.48 Å². The van der Waals surface area contributed by atoms with Crippen LogP contribution in [-0.2, 0) is 28.5 Å². The largest absolute Gasteiger partial charge is 0.447 e. The number of rotatable bonds is 18. The average Bonchev–Trinajstić information content (AvgIpc) is 3.88. The molecule has 5 N–H and O–H groups in total. The van der Waals surface area contributed by atoms with E-state index in [1.54, 1.807) is 7.11 Å². The molecular weight excluding hydrogens is 572 g/mol. The molecule has 0 aromatic heterocycles. The lowest BCUT2D eigenvalue weighted by molar-refractivity contribution is -0.121. The summed E-state index contributed by atoms with van der Waals surface area (Å²) >= 11 is 0. The van der Waals surface area contributed by atoms with Crippen molar-refractivity contribution in [3.63, 3.8) is 0 Å². The number of allylic oxidation sites excluding steroid dienone is 1. The normalized spacial score (nSPS) is 29.5. The lowest BCUT2D eigenvalue weighted by Crippen LogP contribution is -2.56. The van der Waals surface area contributed by atoms with E-state index in [1.165, 1.54) is 5.57 Å². The minimum atomic E-state index is -0.571. The van der Waals surface area contributed by atoms with E-state index in [1.807, 2.05) is 19.3 Å². The van der Waals surface area contributed by atoms with Crippen LogP contribution in [0.1, 0.15) is 79.6 Å². The first-order valence-corrected chi connectivity index (χ1v) is 15.9. The number of ether oxygens (including phenoxy) is 5. The van der Waals surface area contributed by atoms with E-state index in [0.717, 1.165) is 38.5 Å². The summed E-state index contributed by atoms with van der Waals surface area (Å²) in [6, 6.07) is -0.430. The molecule has 0 aromatic carbocycles. The standard InChI is InChI=1S/C31H54N4O9/c1-20(2)11-12-24-30(5,44-24)27-26(40-6)23(13-14-31(27)19-42-31)43-29(38)35-22(21(3)4)18-41-28(37)33-16-10-8-7-9-15-32-25(36)17-34-39/h11,21-24,26-27,34,39H,7-10,12-19H2,1-6H3,(H,32,36)(H,33,37)(H,35,38)/t22-,23?,24+,26?,27?,30?,31-/m0/s1. The molecule has 13 nitrogen and oxygen atoms in total. The van der Waals surface area contributed by atoms with Crippen LogP contribution in [-0.4, -0.2) is 98.8 Å². The van der Waals surface area contributed by atoms with Crippen molar-refractivity contribution in [3.8, 4) is 0 Å². The molecule has 3 rings (SSSR count). The summed E-state index contributed by atoms with van der Waals surface area (Å²) in [5, 5.41) is 16.8. The van der Waals surface area contributed by atoms with Gasteiger partial charge in [0.1, 0.15) is 30.0 Å². The van der Waals surface area contributed by atoms with Crippen molar-refractivity contribution in [3.05, 3.63) is 11.6 Å². The Kier molecular flexibility index (Phi) is 13.7. The molecule has 7 atom stereocenters. The van der Waals surface area contributed by atoms with Gasteiger partial charge >= 0.3 is 12.2 Å². The molecule has 0 aromatic rings. The third-order valence-corrected chi connectivity index (χ3v) is 8.93. The van der Waals surface area contributed by atoms with Gasteiger partial charge in [-0.3, -0.25) is 4.79 Å². The summed E-state index contributed by atoms with van der Waals surface area (Å²) in [6.45, 7) is 11.7. The smallest absolute Gasteiger partial charge is 0.407 e. The Morgan fingerprint density at radius 1 is 1.07 bits per heavy atom. The molecule has 0 radical (unpaired) electrons. The van der Waals surface area contributed by atoms with Crippen LogP contribution in [0.2, 0.25) is 0 Å². The highest BCUT2D eigenvalue weighted by molar-refractivity contribution is 5.77. The van der Waals surface area contributed by atoms with E-state index in [-0.39, 0.29) is 48.7 Å². The SMILES string of the molecule is COC1C(OC(=O)N[C@@H](COC(=O)NCCCCCCNC(=O)CNO)C(C)C)CC[C@]2(CO2)C1C1(C)O[C@@H]1CC=C(C)C. The second-order valence-corrected chi connectivity index (χ2v) is 12.9. The topological polar surface area (TPSA) is 172 Å².